The van der Waals surface area contributed by atoms with Crippen molar-refractivity contribution in [1.29, 1.82) is 0 Å². The predicted molar refractivity (Wildman–Crippen MR) is 161 cm³/mol. The lowest BCUT2D eigenvalue weighted by Gasteiger charge is -2.33. The normalized spacial score (nSPS) is 12.2. The number of halogens is 2. The van der Waals surface area contributed by atoms with Gasteiger partial charge in [0.05, 0.1) is 10.6 Å². The first-order valence-corrected chi connectivity index (χ1v) is 15.2. The van der Waals surface area contributed by atoms with Crippen molar-refractivity contribution in [2.75, 3.05) is 10.8 Å². The van der Waals surface area contributed by atoms with Gasteiger partial charge in [-0.3, -0.25) is 13.9 Å². The highest BCUT2D eigenvalue weighted by Crippen LogP contribution is 2.27. The van der Waals surface area contributed by atoms with Crippen LogP contribution in [0.4, 0.5) is 5.69 Å². The molecule has 1 N–H and O–H groups in total. The van der Waals surface area contributed by atoms with Crippen molar-refractivity contribution < 1.29 is 18.0 Å². The van der Waals surface area contributed by atoms with E-state index in [-0.39, 0.29) is 23.4 Å². The molecule has 0 bridgehead atoms. The molecule has 0 aliphatic rings. The molecule has 0 saturated carbocycles. The third kappa shape index (κ3) is 7.77. The Kier molecular flexibility index (Phi) is 10.6. The zero-order valence-electron chi connectivity index (χ0n) is 23.3. The number of aryl methyl sites for hydroxylation is 2. The predicted octanol–water partition coefficient (Wildman–Crippen LogP) is 6.14. The summed E-state index contributed by atoms with van der Waals surface area (Å²) < 4.78 is 28.9. The van der Waals surface area contributed by atoms with Gasteiger partial charge >= 0.3 is 0 Å². The van der Waals surface area contributed by atoms with Crippen LogP contribution in [0.2, 0.25) is 10.0 Å². The van der Waals surface area contributed by atoms with E-state index in [1.54, 1.807) is 55.5 Å². The number of carbonyl (C=O) groups excluding carboxylic acids is 2. The molecule has 0 aliphatic carbocycles. The van der Waals surface area contributed by atoms with Crippen LogP contribution in [0, 0.1) is 13.8 Å². The second-order valence-corrected chi connectivity index (χ2v) is 12.7. The number of benzene rings is 3. The third-order valence-electron chi connectivity index (χ3n) is 6.35. The molecular formula is C30H35Cl2N3O4S. The van der Waals surface area contributed by atoms with Gasteiger partial charge in [0.15, 0.2) is 0 Å². The first-order valence-electron chi connectivity index (χ1n) is 13.0. The summed E-state index contributed by atoms with van der Waals surface area (Å²) in [7, 11) is -4.13. The molecule has 0 aliphatic heterocycles. The zero-order valence-corrected chi connectivity index (χ0v) is 25.6. The van der Waals surface area contributed by atoms with Crippen molar-refractivity contribution in [3.05, 3.63) is 93.5 Å². The van der Waals surface area contributed by atoms with Crippen LogP contribution in [0.1, 0.15) is 43.9 Å². The number of nitrogens with zero attached hydrogens (tertiary/aromatic N) is 2. The average molecular weight is 605 g/mol. The van der Waals surface area contributed by atoms with Gasteiger partial charge in [-0.15, -0.1) is 0 Å². The second kappa shape index (κ2) is 13.5. The molecule has 0 heterocycles. The lowest BCUT2D eigenvalue weighted by molar-refractivity contribution is -0.140. The number of anilines is 1. The largest absolute Gasteiger partial charge is 0.352 e. The quantitative estimate of drug-likeness (QED) is 0.285. The number of carbonyl (C=O) groups is 2. The highest BCUT2D eigenvalue weighted by Gasteiger charge is 2.34. The van der Waals surface area contributed by atoms with Crippen molar-refractivity contribution in [2.24, 2.45) is 0 Å². The fourth-order valence-corrected chi connectivity index (χ4v) is 6.16. The SMILES string of the molecule is CC[C@H](C(=O)NC(C)C)N(Cc1ccc(Cl)cc1Cl)C(=O)CN(c1cccc(C)c1)S(=O)(=O)c1ccc(C)cc1. The molecule has 0 saturated heterocycles. The molecule has 10 heteroatoms. The molecule has 0 spiro atoms. The molecule has 7 nitrogen and oxygen atoms in total. The number of rotatable bonds is 11. The Morgan fingerprint density at radius 1 is 0.925 bits per heavy atom. The topological polar surface area (TPSA) is 86.8 Å². The summed E-state index contributed by atoms with van der Waals surface area (Å²) in [5, 5.41) is 3.65. The maximum Gasteiger partial charge on any atom is 0.264 e. The van der Waals surface area contributed by atoms with Crippen LogP contribution in [0.15, 0.2) is 71.6 Å². The number of sulfonamides is 1. The Morgan fingerprint density at radius 2 is 1.60 bits per heavy atom. The molecule has 0 aromatic heterocycles. The molecule has 0 unspecified atom stereocenters. The number of amides is 2. The third-order valence-corrected chi connectivity index (χ3v) is 8.73. The molecule has 1 atom stereocenters. The summed E-state index contributed by atoms with van der Waals surface area (Å²) in [5.41, 5.74) is 2.67. The Bertz CT molecular complexity index is 1460. The minimum atomic E-state index is -4.13. The van der Waals surface area contributed by atoms with E-state index in [0.29, 0.717) is 27.7 Å². The zero-order chi connectivity index (χ0) is 29.6. The van der Waals surface area contributed by atoms with E-state index in [0.717, 1.165) is 15.4 Å². The highest BCUT2D eigenvalue weighted by atomic mass is 35.5. The highest BCUT2D eigenvalue weighted by molar-refractivity contribution is 7.92. The van der Waals surface area contributed by atoms with Crippen molar-refractivity contribution in [3.63, 3.8) is 0 Å². The van der Waals surface area contributed by atoms with Crippen molar-refractivity contribution in [3.8, 4) is 0 Å². The summed E-state index contributed by atoms with van der Waals surface area (Å²) in [6, 6.07) is 17.3. The number of nitrogens with one attached hydrogen (secondary N) is 1. The van der Waals surface area contributed by atoms with E-state index in [4.69, 9.17) is 23.2 Å². The molecule has 0 fully saturated rings. The van der Waals surface area contributed by atoms with Crippen molar-refractivity contribution in [1.82, 2.24) is 10.2 Å². The average Bonchev–Trinajstić information content (AvgIpc) is 2.88. The fourth-order valence-electron chi connectivity index (χ4n) is 4.28. The van der Waals surface area contributed by atoms with E-state index in [9.17, 15) is 18.0 Å². The lowest BCUT2D eigenvalue weighted by Crippen LogP contribution is -2.53. The smallest absolute Gasteiger partial charge is 0.264 e. The molecule has 2 amide bonds. The van der Waals surface area contributed by atoms with Gasteiger partial charge in [0.25, 0.3) is 10.0 Å². The van der Waals surface area contributed by atoms with Gasteiger partial charge in [-0.1, -0.05) is 66.0 Å². The Labute approximate surface area is 247 Å². The van der Waals surface area contributed by atoms with E-state index >= 15 is 0 Å². The fraction of sp³-hybridized carbons (Fsp3) is 0.333. The van der Waals surface area contributed by atoms with Gasteiger partial charge in [-0.2, -0.15) is 0 Å². The summed E-state index contributed by atoms with van der Waals surface area (Å²) in [6.07, 6.45) is 0.310. The van der Waals surface area contributed by atoms with E-state index in [1.807, 2.05) is 33.8 Å². The monoisotopic (exact) mass is 603 g/mol. The minimum absolute atomic E-state index is 0.00884. The van der Waals surface area contributed by atoms with Gasteiger partial charge in [0.2, 0.25) is 11.8 Å². The van der Waals surface area contributed by atoms with E-state index in [2.05, 4.69) is 5.32 Å². The maximum absolute atomic E-state index is 14.1. The molecule has 3 aromatic rings. The van der Waals surface area contributed by atoms with Gasteiger partial charge < -0.3 is 10.2 Å². The van der Waals surface area contributed by atoms with Crippen molar-refractivity contribution in [2.45, 2.75) is 64.6 Å². The summed E-state index contributed by atoms with van der Waals surface area (Å²) in [4.78, 5) is 28.8. The van der Waals surface area contributed by atoms with E-state index < -0.39 is 28.5 Å². The second-order valence-electron chi connectivity index (χ2n) is 10.0. The first-order chi connectivity index (χ1) is 18.8. The van der Waals surface area contributed by atoms with Gasteiger partial charge in [-0.25, -0.2) is 8.42 Å². The Balaban J connectivity index is 2.09. The Hall–Kier alpha value is -3.07. The molecule has 3 aromatic carbocycles. The minimum Gasteiger partial charge on any atom is -0.352 e. The van der Waals surface area contributed by atoms with Crippen LogP contribution in [0.5, 0.6) is 0 Å². The first kappa shape index (κ1) is 31.5. The molecule has 214 valence electrons. The van der Waals surface area contributed by atoms with E-state index in [1.165, 1.54) is 17.0 Å². The molecular weight excluding hydrogens is 569 g/mol. The maximum atomic E-state index is 14.1. The molecule has 0 radical (unpaired) electrons. The number of hydrogen-bond donors (Lipinski definition) is 1. The molecule has 40 heavy (non-hydrogen) atoms. The van der Waals surface area contributed by atoms with Crippen LogP contribution in [0.3, 0.4) is 0 Å². The van der Waals surface area contributed by atoms with Crippen LogP contribution >= 0.6 is 23.2 Å². The van der Waals surface area contributed by atoms with Crippen LogP contribution in [-0.4, -0.2) is 43.8 Å². The summed E-state index contributed by atoms with van der Waals surface area (Å²) in [6.45, 7) is 8.66. The van der Waals surface area contributed by atoms with Gasteiger partial charge in [-0.05, 0) is 81.6 Å². The molecule has 3 rings (SSSR count). The van der Waals surface area contributed by atoms with Gasteiger partial charge in [0.1, 0.15) is 12.6 Å². The summed E-state index contributed by atoms with van der Waals surface area (Å²) in [5.74, 6) is -0.881. The standard InChI is InChI=1S/C30H35Cl2N3O4S/c1-6-28(30(37)33-20(2)3)34(18-23-12-13-24(31)17-27(23)32)29(36)19-35(25-9-7-8-22(5)16-25)40(38,39)26-14-10-21(4)11-15-26/h7-17,20,28H,6,18-19H2,1-5H3,(H,33,37)/t28-/m1/s1. The number of hydrogen-bond acceptors (Lipinski definition) is 4. The van der Waals surface area contributed by atoms with Crippen LogP contribution in [0.25, 0.3) is 0 Å². The van der Waals surface area contributed by atoms with Crippen LogP contribution < -0.4 is 9.62 Å². The Morgan fingerprint density at radius 3 is 2.17 bits per heavy atom. The van der Waals surface area contributed by atoms with Gasteiger partial charge in [0, 0.05) is 22.6 Å². The lowest BCUT2D eigenvalue weighted by atomic mass is 10.1. The summed E-state index contributed by atoms with van der Waals surface area (Å²) >= 11 is 12.5. The van der Waals surface area contributed by atoms with Crippen molar-refractivity contribution >= 4 is 50.7 Å². The van der Waals surface area contributed by atoms with Crippen LogP contribution in [-0.2, 0) is 26.2 Å².